The van der Waals surface area contributed by atoms with Crippen molar-refractivity contribution in [2.45, 2.75) is 13.0 Å². The Morgan fingerprint density at radius 3 is 2.61 bits per heavy atom. The second-order valence-electron chi connectivity index (χ2n) is 9.46. The van der Waals surface area contributed by atoms with Gasteiger partial charge in [0.15, 0.2) is 0 Å². The number of nitrogen functional groups attached to an aromatic ring is 1. The van der Waals surface area contributed by atoms with E-state index in [1.165, 1.54) is 4.40 Å². The third-order valence-electron chi connectivity index (χ3n) is 6.64. The Balaban J connectivity index is 1.48. The van der Waals surface area contributed by atoms with Crippen LogP contribution in [0.15, 0.2) is 90.2 Å². The molecular weight excluding hydrogens is 516 g/mol. The number of fused-ring (bicyclic) bond motifs is 2. The number of carbonyl (C=O) groups is 1. The van der Waals surface area contributed by atoms with Crippen LogP contribution in [0.3, 0.4) is 0 Å². The molecule has 6 aromatic rings. The molecule has 0 bridgehead atoms. The SMILES string of the molecule is CC(NC(=O)c1c(N)ncc2cccnc12)c1nc2cccc(C#Cc3cnn(C)c3)n2c(=O)c1-c1ccccc1. The monoisotopic (exact) mass is 540 g/mol. The average molecular weight is 541 g/mol. The molecule has 6 rings (SSSR count). The van der Waals surface area contributed by atoms with Crippen molar-refractivity contribution in [1.29, 1.82) is 0 Å². The van der Waals surface area contributed by atoms with Crippen LogP contribution < -0.4 is 16.6 Å². The minimum Gasteiger partial charge on any atom is -0.383 e. The van der Waals surface area contributed by atoms with Crippen LogP contribution in [0.1, 0.15) is 40.3 Å². The van der Waals surface area contributed by atoms with Gasteiger partial charge in [0.05, 0.1) is 34.6 Å². The molecule has 3 N–H and O–H groups in total. The van der Waals surface area contributed by atoms with E-state index >= 15 is 0 Å². The van der Waals surface area contributed by atoms with Crippen LogP contribution in [-0.4, -0.2) is 35.0 Å². The topological polar surface area (TPSA) is 133 Å². The molecule has 1 atom stereocenters. The van der Waals surface area contributed by atoms with Crippen molar-refractivity contribution in [3.63, 3.8) is 0 Å². The van der Waals surface area contributed by atoms with Gasteiger partial charge in [-0.1, -0.05) is 42.3 Å². The molecule has 1 aromatic carbocycles. The molecule has 0 saturated heterocycles. The van der Waals surface area contributed by atoms with E-state index in [4.69, 9.17) is 10.7 Å². The highest BCUT2D eigenvalue weighted by molar-refractivity contribution is 6.09. The van der Waals surface area contributed by atoms with Crippen molar-refractivity contribution in [3.05, 3.63) is 118 Å². The largest absolute Gasteiger partial charge is 0.383 e. The summed E-state index contributed by atoms with van der Waals surface area (Å²) in [5.41, 5.74) is 9.44. The first kappa shape index (κ1) is 25.5. The normalized spacial score (nSPS) is 11.7. The number of benzene rings is 1. The third kappa shape index (κ3) is 4.77. The Labute approximate surface area is 234 Å². The fourth-order valence-electron chi connectivity index (χ4n) is 4.73. The predicted octanol–water partition coefficient (Wildman–Crippen LogP) is 3.51. The maximum absolute atomic E-state index is 14.2. The maximum Gasteiger partial charge on any atom is 0.267 e. The molecule has 41 heavy (non-hydrogen) atoms. The number of amides is 1. The van der Waals surface area contributed by atoms with E-state index in [1.54, 1.807) is 60.7 Å². The molecule has 0 aliphatic rings. The zero-order valence-electron chi connectivity index (χ0n) is 22.2. The first-order chi connectivity index (χ1) is 19.9. The van der Waals surface area contributed by atoms with Crippen molar-refractivity contribution >= 4 is 28.3 Å². The summed E-state index contributed by atoms with van der Waals surface area (Å²) < 4.78 is 3.15. The van der Waals surface area contributed by atoms with Crippen LogP contribution in [0.4, 0.5) is 5.82 Å². The highest BCUT2D eigenvalue weighted by Gasteiger charge is 2.24. The second-order valence-corrected chi connectivity index (χ2v) is 9.46. The highest BCUT2D eigenvalue weighted by Crippen LogP contribution is 2.26. The number of anilines is 1. The van der Waals surface area contributed by atoms with Gasteiger partial charge in [0.2, 0.25) is 0 Å². The van der Waals surface area contributed by atoms with Gasteiger partial charge in [-0.2, -0.15) is 5.10 Å². The molecule has 0 spiro atoms. The van der Waals surface area contributed by atoms with E-state index < -0.39 is 11.9 Å². The molecule has 200 valence electrons. The van der Waals surface area contributed by atoms with Crippen molar-refractivity contribution in [2.24, 2.45) is 7.05 Å². The average Bonchev–Trinajstić information content (AvgIpc) is 3.40. The molecule has 10 heteroatoms. The summed E-state index contributed by atoms with van der Waals surface area (Å²) in [6.45, 7) is 1.77. The second kappa shape index (κ2) is 10.4. The fraction of sp³-hybridized carbons (Fsp3) is 0.0968. The molecule has 1 amide bonds. The number of nitrogens with two attached hydrogens (primary N) is 1. The lowest BCUT2D eigenvalue weighted by Gasteiger charge is -2.19. The molecule has 0 aliphatic heterocycles. The molecule has 0 aliphatic carbocycles. The molecular formula is C31H24N8O2. The summed E-state index contributed by atoms with van der Waals surface area (Å²) >= 11 is 0. The summed E-state index contributed by atoms with van der Waals surface area (Å²) in [6.07, 6.45) is 6.62. The first-order valence-corrected chi connectivity index (χ1v) is 12.8. The fourth-order valence-corrected chi connectivity index (χ4v) is 4.73. The summed E-state index contributed by atoms with van der Waals surface area (Å²) in [4.78, 5) is 41.1. The van der Waals surface area contributed by atoms with Gasteiger partial charge in [-0.15, -0.1) is 0 Å². The number of nitrogens with zero attached hydrogens (tertiary/aromatic N) is 6. The summed E-state index contributed by atoms with van der Waals surface area (Å²) in [7, 11) is 1.81. The Morgan fingerprint density at radius 2 is 1.83 bits per heavy atom. The van der Waals surface area contributed by atoms with Crippen LogP contribution in [-0.2, 0) is 7.05 Å². The third-order valence-corrected chi connectivity index (χ3v) is 6.64. The quantitative estimate of drug-likeness (QED) is 0.327. The summed E-state index contributed by atoms with van der Waals surface area (Å²) in [5.74, 6) is 5.74. The number of pyridine rings is 3. The van der Waals surface area contributed by atoms with Gasteiger partial charge in [-0.25, -0.2) is 9.97 Å². The van der Waals surface area contributed by atoms with E-state index in [1.807, 2.05) is 43.4 Å². The minimum absolute atomic E-state index is 0.0626. The Kier molecular flexibility index (Phi) is 6.45. The van der Waals surface area contributed by atoms with Gasteiger partial charge >= 0.3 is 0 Å². The lowest BCUT2D eigenvalue weighted by Crippen LogP contribution is -2.31. The Morgan fingerprint density at radius 1 is 1.00 bits per heavy atom. The lowest BCUT2D eigenvalue weighted by atomic mass is 10.0. The minimum atomic E-state index is -0.668. The lowest BCUT2D eigenvalue weighted by molar-refractivity contribution is 0.0941. The van der Waals surface area contributed by atoms with Gasteiger partial charge in [0, 0.05) is 31.0 Å². The Bertz CT molecular complexity index is 2070. The smallest absolute Gasteiger partial charge is 0.267 e. The number of rotatable bonds is 4. The van der Waals surface area contributed by atoms with E-state index in [0.717, 1.165) is 5.56 Å². The van der Waals surface area contributed by atoms with Gasteiger partial charge in [-0.05, 0) is 42.7 Å². The summed E-state index contributed by atoms with van der Waals surface area (Å²) in [5, 5.41) is 7.80. The van der Waals surface area contributed by atoms with Crippen molar-refractivity contribution in [1.82, 2.24) is 34.4 Å². The first-order valence-electron chi connectivity index (χ1n) is 12.8. The zero-order valence-corrected chi connectivity index (χ0v) is 22.2. The number of aromatic nitrogens is 6. The van der Waals surface area contributed by atoms with Crippen LogP contribution >= 0.6 is 0 Å². The number of hydrogen-bond acceptors (Lipinski definition) is 7. The van der Waals surface area contributed by atoms with Crippen molar-refractivity contribution in [2.75, 3.05) is 5.73 Å². The van der Waals surface area contributed by atoms with Gasteiger partial charge in [0.1, 0.15) is 22.7 Å². The molecule has 1 unspecified atom stereocenters. The zero-order chi connectivity index (χ0) is 28.5. The van der Waals surface area contributed by atoms with E-state index in [-0.39, 0.29) is 16.9 Å². The number of carbonyl (C=O) groups excluding carboxylic acids is 1. The van der Waals surface area contributed by atoms with Crippen LogP contribution in [0.5, 0.6) is 0 Å². The molecule has 5 aromatic heterocycles. The molecule has 0 fully saturated rings. The van der Waals surface area contributed by atoms with Crippen molar-refractivity contribution in [3.8, 4) is 23.0 Å². The van der Waals surface area contributed by atoms with E-state index in [2.05, 4.69) is 32.2 Å². The standard InChI is InChI=1S/C31H24N8O2/c1-19(36-30(40)26-28-22(10-7-15-33-28)17-34-29(26)32)27-25(21-8-4-3-5-9-21)31(41)39-23(11-6-12-24(39)37-27)14-13-20-16-35-38(2)18-20/h3-12,15-19H,1-2H3,(H2,32,34)(H,36,40). The maximum atomic E-state index is 14.2. The Hall–Kier alpha value is -5.82. The van der Waals surface area contributed by atoms with E-state index in [9.17, 15) is 9.59 Å². The number of aryl methyl sites for hydroxylation is 1. The number of hydrogen-bond donors (Lipinski definition) is 2. The number of nitrogens with one attached hydrogen (secondary N) is 1. The van der Waals surface area contributed by atoms with Gasteiger partial charge in [0.25, 0.3) is 11.5 Å². The molecule has 10 nitrogen and oxygen atoms in total. The van der Waals surface area contributed by atoms with Gasteiger partial charge in [-0.3, -0.25) is 23.7 Å². The summed E-state index contributed by atoms with van der Waals surface area (Å²) in [6, 6.07) is 17.4. The van der Waals surface area contributed by atoms with Crippen molar-refractivity contribution < 1.29 is 4.79 Å². The highest BCUT2D eigenvalue weighted by atomic mass is 16.2. The van der Waals surface area contributed by atoms with Crippen LogP contribution in [0.25, 0.3) is 27.7 Å². The van der Waals surface area contributed by atoms with Crippen LogP contribution in [0.2, 0.25) is 0 Å². The van der Waals surface area contributed by atoms with Crippen LogP contribution in [0, 0.1) is 11.8 Å². The predicted molar refractivity (Wildman–Crippen MR) is 156 cm³/mol. The van der Waals surface area contributed by atoms with E-state index in [0.29, 0.717) is 39.1 Å². The molecule has 5 heterocycles. The van der Waals surface area contributed by atoms with Gasteiger partial charge < -0.3 is 11.1 Å². The molecule has 0 radical (unpaired) electrons. The molecule has 0 saturated carbocycles.